The first-order valence-corrected chi connectivity index (χ1v) is 34.2. The Bertz CT molecular complexity index is 2590. The highest BCUT2D eigenvalue weighted by Gasteiger charge is 2.56. The number of carbonyl (C=O) groups excluding carboxylic acids is 8. The number of phosphoric ester groups is 1. The molecule has 7 aliphatic carbocycles. The molecule has 0 aromatic rings. The number of alkyl halides is 1. The molecular formula is C62H91ClN7O14P. The molecule has 21 nitrogen and oxygen atoms in total. The van der Waals surface area contributed by atoms with Crippen LogP contribution < -0.4 is 21.3 Å². The maximum atomic E-state index is 14.3. The number of ether oxygens (including phenoxy) is 1. The Morgan fingerprint density at radius 1 is 0.706 bits per heavy atom. The summed E-state index contributed by atoms with van der Waals surface area (Å²) < 4.78 is 23.5. The van der Waals surface area contributed by atoms with Crippen molar-refractivity contribution in [2.45, 2.75) is 190 Å². The number of alkyl carbamates (subject to hydrolysis) is 1. The lowest BCUT2D eigenvalue weighted by Gasteiger charge is -2.49. The van der Waals surface area contributed by atoms with E-state index in [0.29, 0.717) is 140 Å². The first kappa shape index (κ1) is 63.4. The number of aliphatic hydroxyl groups excluding tert-OH is 1. The molecule has 0 spiro atoms. The van der Waals surface area contributed by atoms with Crippen molar-refractivity contribution in [3.8, 4) is 0 Å². The monoisotopic (exact) mass is 1220 g/mol. The van der Waals surface area contributed by atoms with E-state index in [1.165, 1.54) is 17.1 Å². The molecule has 10 rings (SSSR count). The zero-order chi connectivity index (χ0) is 60.0. The third kappa shape index (κ3) is 14.9. The minimum atomic E-state index is -4.78. The van der Waals surface area contributed by atoms with E-state index in [1.54, 1.807) is 12.2 Å². The van der Waals surface area contributed by atoms with Gasteiger partial charge in [-0.2, -0.15) is 0 Å². The number of nitrogens with zero attached hydrogens (tertiary/aromatic N) is 3. The second-order valence-corrected chi connectivity index (χ2v) is 28.2. The van der Waals surface area contributed by atoms with E-state index in [4.69, 9.17) is 20.9 Å². The van der Waals surface area contributed by atoms with Crippen molar-refractivity contribution in [1.29, 1.82) is 0 Å². The Labute approximate surface area is 504 Å². The third-order valence-corrected chi connectivity index (χ3v) is 22.8. The molecule has 7 saturated carbocycles. The van der Waals surface area contributed by atoms with Crippen LogP contribution in [0.4, 0.5) is 4.79 Å². The number of halogens is 1. The number of phosphoric acid groups is 1. The normalized spacial score (nSPS) is 35.1. The van der Waals surface area contributed by atoms with Gasteiger partial charge in [-0.3, -0.25) is 43.0 Å². The number of amides is 8. The summed E-state index contributed by atoms with van der Waals surface area (Å²) in [6.45, 7) is 1.67. The molecule has 85 heavy (non-hydrogen) atoms. The number of hydrogen-bond acceptors (Lipinski definition) is 12. The summed E-state index contributed by atoms with van der Waals surface area (Å²) in [7, 11) is -4.78. The second-order valence-electron chi connectivity index (χ2n) is 26.7. The van der Waals surface area contributed by atoms with Gasteiger partial charge in [-0.1, -0.05) is 44.3 Å². The van der Waals surface area contributed by atoms with Gasteiger partial charge in [0.15, 0.2) is 0 Å². The smallest absolute Gasteiger partial charge is 0.449 e. The average molecular weight is 1220 g/mol. The standard InChI is InChI=1S/C62H91ClN7O14P/c63-34-41-36-70(50-33-52(84-85(80,81)82)46-11-4-5-12-47(46)58(41)50)57(76)21-16-38-13-17-40(18-22-54(73)68-30-25-44-43-9-2-3-10-45(43)51(71)32-49(44)68)48(31-38)67-61(79)83-37-39-14-19-42(20-15-39)66-53(72)35-65-60(78)62(26-8-27-62)59(77)64-28-6-1-7-29-69-55(74)23-24-56(69)75/h16,18,21-24,38-52,58,71H,1-15,17,19-20,25-37H2,(H,64,77)(H,65,78)(H,66,72)(H,67,79)(H2,80,81,82)/b21-16+,22-18+/t38?,39?,40?,41-,42?,43?,44?,45?,46?,47?,48?,49?,50?,51?,52?,58?/m1/s1. The largest absolute Gasteiger partial charge is 0.469 e. The molecule has 9 fully saturated rings. The van der Waals surface area contributed by atoms with Gasteiger partial charge in [0.05, 0.1) is 25.4 Å². The molecule has 14 atom stereocenters. The Morgan fingerprint density at radius 3 is 2.09 bits per heavy atom. The van der Waals surface area contributed by atoms with Gasteiger partial charge in [0.25, 0.3) is 11.8 Å². The Hall–Kier alpha value is -4.66. The van der Waals surface area contributed by atoms with Gasteiger partial charge in [-0.25, -0.2) is 9.36 Å². The van der Waals surface area contributed by atoms with Crippen LogP contribution in [0.3, 0.4) is 0 Å². The van der Waals surface area contributed by atoms with Crippen LogP contribution in [0.25, 0.3) is 0 Å². The van der Waals surface area contributed by atoms with Gasteiger partial charge in [0.2, 0.25) is 29.5 Å². The van der Waals surface area contributed by atoms with E-state index in [1.807, 2.05) is 22.0 Å². The van der Waals surface area contributed by atoms with Gasteiger partial charge in [0.1, 0.15) is 5.41 Å². The van der Waals surface area contributed by atoms with Crippen LogP contribution >= 0.6 is 19.4 Å². The molecule has 7 N–H and O–H groups in total. The van der Waals surface area contributed by atoms with Crippen molar-refractivity contribution in [3.05, 3.63) is 36.5 Å². The van der Waals surface area contributed by atoms with Crippen molar-refractivity contribution in [2.24, 2.45) is 64.6 Å². The number of unbranched alkanes of at least 4 members (excludes halogenated alkanes) is 2. The quantitative estimate of drug-likeness (QED) is 0.0175. The fourth-order valence-electron chi connectivity index (χ4n) is 17.3. The van der Waals surface area contributed by atoms with Crippen LogP contribution in [0.15, 0.2) is 36.5 Å². The van der Waals surface area contributed by atoms with E-state index in [-0.39, 0.29) is 108 Å². The molecule has 10 aliphatic rings. The molecular weight excluding hydrogens is 1130 g/mol. The highest BCUT2D eigenvalue weighted by molar-refractivity contribution is 7.46. The maximum absolute atomic E-state index is 14.3. The fraction of sp³-hybridized carbons (Fsp3) is 0.774. The Balaban J connectivity index is 0.702. The maximum Gasteiger partial charge on any atom is 0.469 e. The Kier molecular flexibility index (Phi) is 21.0. The van der Waals surface area contributed by atoms with Crippen molar-refractivity contribution < 1.29 is 67.1 Å². The SMILES string of the molecule is O=C(CNC(=O)C1(C(=O)NCCCCCN2C(=O)C=CC2=O)CCC1)NC1CCC(COC(=O)NC2CC(/C=C/C(=O)N3C[C@@H](CCl)C4C5CCCCC5C(OP(=O)(O)O)CC43)CCC2/C=C/C(=O)N2CCC3C4CCCCC4C(O)CC32)CC1. The zero-order valence-electron chi connectivity index (χ0n) is 49.1. The Morgan fingerprint density at radius 2 is 1.39 bits per heavy atom. The molecule has 2 saturated heterocycles. The van der Waals surface area contributed by atoms with Crippen molar-refractivity contribution in [2.75, 3.05) is 45.2 Å². The molecule has 470 valence electrons. The molecule has 3 aliphatic heterocycles. The van der Waals surface area contributed by atoms with Crippen molar-refractivity contribution >= 4 is 66.9 Å². The third-order valence-electron chi connectivity index (χ3n) is 21.8. The number of hydrogen-bond donors (Lipinski definition) is 7. The summed E-state index contributed by atoms with van der Waals surface area (Å²) in [6, 6.07) is -0.820. The number of likely N-dealkylation sites (tertiary alicyclic amines) is 2. The van der Waals surface area contributed by atoms with Crippen LogP contribution in [0.2, 0.25) is 0 Å². The first-order valence-electron chi connectivity index (χ1n) is 32.2. The number of carbonyl (C=O) groups is 8. The van der Waals surface area contributed by atoms with Gasteiger partial charge >= 0.3 is 13.9 Å². The van der Waals surface area contributed by atoms with Crippen LogP contribution in [0, 0.1) is 64.6 Å². The number of rotatable bonds is 21. The minimum absolute atomic E-state index is 0.00467. The summed E-state index contributed by atoms with van der Waals surface area (Å²) in [5, 5.41) is 22.9. The van der Waals surface area contributed by atoms with E-state index in [0.717, 1.165) is 64.2 Å². The van der Waals surface area contributed by atoms with Crippen molar-refractivity contribution in [3.63, 3.8) is 0 Å². The summed E-state index contributed by atoms with van der Waals surface area (Å²) in [4.78, 5) is 130. The highest BCUT2D eigenvalue weighted by atomic mass is 35.5. The number of allylic oxidation sites excluding steroid dienone is 1. The molecule has 0 radical (unpaired) electrons. The second kappa shape index (κ2) is 28.2. The summed E-state index contributed by atoms with van der Waals surface area (Å²) in [6.07, 6.45) is 25.9. The number of fused-ring (bicyclic) bond motifs is 6. The lowest BCUT2D eigenvalue weighted by atomic mass is 9.60. The van der Waals surface area contributed by atoms with Crippen LogP contribution in [0.1, 0.15) is 154 Å². The molecule has 0 aromatic carbocycles. The zero-order valence-corrected chi connectivity index (χ0v) is 50.8. The molecule has 3 heterocycles. The number of aliphatic hydroxyl groups is 1. The van der Waals surface area contributed by atoms with Gasteiger partial charge in [0, 0.05) is 68.4 Å². The molecule has 0 aromatic heterocycles. The van der Waals surface area contributed by atoms with E-state index >= 15 is 0 Å². The predicted octanol–water partition coefficient (Wildman–Crippen LogP) is 5.94. The molecule has 0 bridgehead atoms. The first-order chi connectivity index (χ1) is 40.9. The summed E-state index contributed by atoms with van der Waals surface area (Å²) >= 11 is 6.60. The topological polar surface area (TPSA) is 291 Å². The lowest BCUT2D eigenvalue weighted by Crippen LogP contribution is -2.56. The van der Waals surface area contributed by atoms with Gasteiger partial charge in [-0.05, 0) is 193 Å². The van der Waals surface area contributed by atoms with E-state index in [2.05, 4.69) is 21.3 Å². The van der Waals surface area contributed by atoms with Crippen molar-refractivity contribution in [1.82, 2.24) is 36.0 Å². The average Bonchev–Trinajstić information content (AvgIpc) is 2.00. The lowest BCUT2D eigenvalue weighted by molar-refractivity contribution is -0.150. The summed E-state index contributed by atoms with van der Waals surface area (Å²) in [5.41, 5.74) is -1.22. The number of imide groups is 1. The minimum Gasteiger partial charge on any atom is -0.449 e. The molecule has 8 amide bonds. The number of nitrogens with one attached hydrogen (secondary N) is 4. The summed E-state index contributed by atoms with van der Waals surface area (Å²) in [5.74, 6) is -0.520. The van der Waals surface area contributed by atoms with Crippen LogP contribution in [0.5, 0.6) is 0 Å². The van der Waals surface area contributed by atoms with Gasteiger partial charge < -0.3 is 50.7 Å². The highest BCUT2D eigenvalue weighted by Crippen LogP contribution is 2.55. The van der Waals surface area contributed by atoms with Crippen LogP contribution in [-0.2, 0) is 47.4 Å². The molecule has 23 heteroatoms. The van der Waals surface area contributed by atoms with Gasteiger partial charge in [-0.15, -0.1) is 11.6 Å². The molecule has 13 unspecified atom stereocenters. The predicted molar refractivity (Wildman–Crippen MR) is 313 cm³/mol. The van der Waals surface area contributed by atoms with E-state index < -0.39 is 43.5 Å². The van der Waals surface area contributed by atoms with E-state index in [9.17, 15) is 57.8 Å². The fourth-order valence-corrected chi connectivity index (χ4v) is 18.2. The van der Waals surface area contributed by atoms with Crippen LogP contribution in [-0.4, -0.2) is 159 Å².